The van der Waals surface area contributed by atoms with Crippen LogP contribution in [0, 0.1) is 18.8 Å². The maximum atomic E-state index is 13.3. The van der Waals surface area contributed by atoms with E-state index in [0.717, 1.165) is 29.7 Å². The molecule has 1 N–H and O–H groups in total. The topological polar surface area (TPSA) is 111 Å². The number of aryl methyl sites for hydroxylation is 2. The zero-order valence-corrected chi connectivity index (χ0v) is 24.8. The van der Waals surface area contributed by atoms with Crippen molar-refractivity contribution in [1.82, 2.24) is 0 Å². The van der Waals surface area contributed by atoms with Gasteiger partial charge in [-0.2, -0.15) is 0 Å². The first-order chi connectivity index (χ1) is 18.8. The minimum Gasteiger partial charge on any atom is -0.493 e. The average molecular weight is 585 g/mol. The fraction of sp³-hybridized carbons (Fsp3) is 0.367. The Morgan fingerprint density at radius 1 is 1.15 bits per heavy atom. The number of fused-ring (bicyclic) bond motifs is 1. The number of amides is 1. The number of halogens is 1. The summed E-state index contributed by atoms with van der Waals surface area (Å²) in [4.78, 5) is 24.5. The van der Waals surface area contributed by atoms with Crippen LogP contribution in [0.5, 0.6) is 5.75 Å². The molecule has 8 nitrogen and oxygen atoms in total. The van der Waals surface area contributed by atoms with Crippen LogP contribution in [0.1, 0.15) is 61.1 Å². The number of sulfonamides is 1. The van der Waals surface area contributed by atoms with Gasteiger partial charge in [-0.15, -0.1) is 4.91 Å². The summed E-state index contributed by atoms with van der Waals surface area (Å²) in [6.07, 6.45) is 0.371. The second kappa shape index (κ2) is 11.7. The fourth-order valence-electron chi connectivity index (χ4n) is 4.93. The van der Waals surface area contributed by atoms with E-state index in [9.17, 15) is 18.1 Å². The quantitative estimate of drug-likeness (QED) is 0.284. The third kappa shape index (κ3) is 6.71. The molecule has 3 aromatic carbocycles. The normalized spacial score (nSPS) is 14.2. The number of hydrogen-bond acceptors (Lipinski definition) is 6. The van der Waals surface area contributed by atoms with Crippen molar-refractivity contribution in [2.45, 2.75) is 64.9 Å². The predicted molar refractivity (Wildman–Crippen MR) is 157 cm³/mol. The lowest BCUT2D eigenvalue weighted by Crippen LogP contribution is -2.28. The zero-order chi connectivity index (χ0) is 29.2. The lowest BCUT2D eigenvalue weighted by Gasteiger charge is -2.30. The largest absolute Gasteiger partial charge is 0.493 e. The van der Waals surface area contributed by atoms with Crippen LogP contribution < -0.4 is 9.46 Å². The maximum Gasteiger partial charge on any atom is 0.319 e. The number of nitrogens with one attached hydrogen (secondary N) is 1. The SMILES string of the molecule is Cc1cc(NS(=O)(=O)Cc2ccccc2Cl)c(C)c(C(OC(C)(C)C)C(=O)N=O)c1-c1ccc2c(c1)CCCO2. The number of hydrogen-bond donors (Lipinski definition) is 1. The van der Waals surface area contributed by atoms with E-state index < -0.39 is 27.6 Å². The highest BCUT2D eigenvalue weighted by molar-refractivity contribution is 7.91. The van der Waals surface area contributed by atoms with Crippen LogP contribution in [0.2, 0.25) is 5.02 Å². The summed E-state index contributed by atoms with van der Waals surface area (Å²) in [5.41, 5.74) is 3.93. The van der Waals surface area contributed by atoms with E-state index in [0.29, 0.717) is 39.4 Å². The Hall–Kier alpha value is -3.27. The molecule has 0 aliphatic carbocycles. The molecule has 0 fully saturated rings. The van der Waals surface area contributed by atoms with Gasteiger partial charge in [0.15, 0.2) is 6.10 Å². The van der Waals surface area contributed by atoms with Crippen LogP contribution in [0.25, 0.3) is 11.1 Å². The molecule has 1 unspecified atom stereocenters. The Kier molecular flexibility index (Phi) is 8.68. The molecule has 1 aliphatic heterocycles. The first-order valence-corrected chi connectivity index (χ1v) is 15.0. The molecule has 1 heterocycles. The number of nitrogens with zero attached hydrogens (tertiary/aromatic N) is 1. The van der Waals surface area contributed by atoms with Crippen LogP contribution >= 0.6 is 11.6 Å². The molecule has 40 heavy (non-hydrogen) atoms. The van der Waals surface area contributed by atoms with Gasteiger partial charge in [-0.25, -0.2) is 8.42 Å². The third-order valence-corrected chi connectivity index (χ3v) is 8.24. The summed E-state index contributed by atoms with van der Waals surface area (Å²) in [6, 6.07) is 14.2. The van der Waals surface area contributed by atoms with Crippen molar-refractivity contribution in [2.75, 3.05) is 11.3 Å². The molecule has 4 rings (SSSR count). The Balaban J connectivity index is 1.90. The van der Waals surface area contributed by atoms with Crippen molar-refractivity contribution in [3.8, 4) is 16.9 Å². The van der Waals surface area contributed by atoms with Crippen molar-refractivity contribution in [3.05, 3.63) is 86.3 Å². The van der Waals surface area contributed by atoms with Crippen molar-refractivity contribution in [3.63, 3.8) is 0 Å². The zero-order valence-electron chi connectivity index (χ0n) is 23.2. The molecule has 1 atom stereocenters. The third-order valence-electron chi connectivity index (χ3n) is 6.65. The minimum absolute atomic E-state index is 0.269. The first-order valence-electron chi connectivity index (χ1n) is 13.0. The Morgan fingerprint density at radius 3 is 2.55 bits per heavy atom. The van der Waals surface area contributed by atoms with Gasteiger partial charge in [0.05, 0.1) is 23.6 Å². The molecule has 0 saturated carbocycles. The number of carbonyl (C=O) groups excluding carboxylic acids is 1. The molecule has 0 radical (unpaired) electrons. The van der Waals surface area contributed by atoms with Crippen LogP contribution in [-0.2, 0) is 31.7 Å². The van der Waals surface area contributed by atoms with Gasteiger partial charge in [-0.05, 0) is 105 Å². The summed E-state index contributed by atoms with van der Waals surface area (Å²) >= 11 is 6.21. The smallest absolute Gasteiger partial charge is 0.319 e. The van der Waals surface area contributed by atoms with Crippen LogP contribution in [0.4, 0.5) is 5.69 Å². The van der Waals surface area contributed by atoms with Crippen LogP contribution in [-0.4, -0.2) is 26.5 Å². The van der Waals surface area contributed by atoms with Crippen molar-refractivity contribution < 1.29 is 22.7 Å². The van der Waals surface area contributed by atoms with Gasteiger partial charge in [0.25, 0.3) is 0 Å². The molecule has 0 saturated heterocycles. The van der Waals surface area contributed by atoms with Gasteiger partial charge in [0.2, 0.25) is 10.0 Å². The summed E-state index contributed by atoms with van der Waals surface area (Å²) in [5.74, 6) is -0.539. The van der Waals surface area contributed by atoms with Gasteiger partial charge < -0.3 is 9.47 Å². The monoisotopic (exact) mass is 584 g/mol. The van der Waals surface area contributed by atoms with Gasteiger partial charge in [-0.1, -0.05) is 35.9 Å². The molecule has 212 valence electrons. The van der Waals surface area contributed by atoms with Crippen molar-refractivity contribution >= 4 is 33.2 Å². The summed E-state index contributed by atoms with van der Waals surface area (Å²) in [7, 11) is -3.90. The van der Waals surface area contributed by atoms with E-state index in [4.69, 9.17) is 21.1 Å². The number of benzene rings is 3. The van der Waals surface area contributed by atoms with Crippen molar-refractivity contribution in [1.29, 1.82) is 0 Å². The lowest BCUT2D eigenvalue weighted by atomic mass is 9.86. The Bertz CT molecular complexity index is 1560. The number of rotatable bonds is 8. The van der Waals surface area contributed by atoms with Gasteiger partial charge in [0, 0.05) is 15.8 Å². The van der Waals surface area contributed by atoms with E-state index in [1.54, 1.807) is 58.0 Å². The minimum atomic E-state index is -3.90. The molecule has 1 aliphatic rings. The molecular weight excluding hydrogens is 552 g/mol. The Labute approximate surface area is 240 Å². The Morgan fingerprint density at radius 2 is 1.88 bits per heavy atom. The molecule has 0 bridgehead atoms. The van der Waals surface area contributed by atoms with E-state index >= 15 is 0 Å². The highest BCUT2D eigenvalue weighted by Gasteiger charge is 2.34. The maximum absolute atomic E-state index is 13.3. The van der Waals surface area contributed by atoms with Gasteiger partial charge in [0.1, 0.15) is 5.75 Å². The summed E-state index contributed by atoms with van der Waals surface area (Å²) < 4.78 is 41.1. The first kappa shape index (κ1) is 29.7. The second-order valence-electron chi connectivity index (χ2n) is 10.9. The standard InChI is InChI=1S/C30H33ClN2O6S/c1-18-15-24(33-40(36,37)17-22-9-6-7-11-23(22)31)19(2)27(28(29(34)32-35)39-30(3,4)5)26(18)21-12-13-25-20(16-21)10-8-14-38-25/h6-7,9,11-13,15-16,28,33H,8,10,14,17H2,1-5H3. The van der Waals surface area contributed by atoms with E-state index in [-0.39, 0.29) is 11.4 Å². The lowest BCUT2D eigenvalue weighted by molar-refractivity contribution is -0.139. The van der Waals surface area contributed by atoms with Gasteiger partial charge >= 0.3 is 5.91 Å². The predicted octanol–water partition coefficient (Wildman–Crippen LogP) is 7.04. The molecule has 0 aromatic heterocycles. The van der Waals surface area contributed by atoms with Gasteiger partial charge in [-0.3, -0.25) is 9.52 Å². The number of ether oxygens (including phenoxy) is 2. The molecule has 3 aromatic rings. The number of carbonyl (C=O) groups is 1. The molecule has 10 heteroatoms. The van der Waals surface area contributed by atoms with Crippen LogP contribution in [0.3, 0.4) is 0 Å². The van der Waals surface area contributed by atoms with E-state index in [1.807, 2.05) is 25.1 Å². The summed E-state index contributed by atoms with van der Waals surface area (Å²) in [5, 5.41) is 3.05. The van der Waals surface area contributed by atoms with Crippen molar-refractivity contribution in [2.24, 2.45) is 5.18 Å². The number of nitroso groups, excluding NO2 is 1. The molecule has 1 amide bonds. The van der Waals surface area contributed by atoms with E-state index in [1.165, 1.54) is 0 Å². The second-order valence-corrected chi connectivity index (χ2v) is 13.1. The summed E-state index contributed by atoms with van der Waals surface area (Å²) in [6.45, 7) is 9.49. The average Bonchev–Trinajstić information content (AvgIpc) is 2.89. The molecule has 0 spiro atoms. The van der Waals surface area contributed by atoms with E-state index in [2.05, 4.69) is 9.90 Å². The fourth-order valence-corrected chi connectivity index (χ4v) is 6.49. The van der Waals surface area contributed by atoms with Crippen LogP contribution in [0.15, 0.2) is 53.7 Å². The highest BCUT2D eigenvalue weighted by atomic mass is 35.5. The number of anilines is 1. The highest BCUT2D eigenvalue weighted by Crippen LogP contribution is 2.42. The molecular formula is C30H33ClN2O6S.